The second-order valence-corrected chi connectivity index (χ2v) is 11.8. The molecule has 0 radical (unpaired) electrons. The summed E-state index contributed by atoms with van der Waals surface area (Å²) in [4.78, 5) is 10.4. The summed E-state index contributed by atoms with van der Waals surface area (Å²) in [7, 11) is -1.64. The molecule has 0 aromatic rings. The first-order valence-electron chi connectivity index (χ1n) is 7.11. The molecule has 110 valence electrons. The SMILES string of the molecule is CC(C)(C)[Si](C)(C)OCCC1CC=C([N+](=O)[O-])CC1. The third-order valence-electron chi connectivity index (χ3n) is 4.53. The van der Waals surface area contributed by atoms with Crippen LogP contribution >= 0.6 is 0 Å². The van der Waals surface area contributed by atoms with E-state index in [2.05, 4.69) is 33.9 Å². The standard InChI is InChI=1S/C14H27NO3Si/c1-14(2,3)19(4,5)18-11-10-12-6-8-13(9-7-12)15(16)17/h8,12H,6-7,9-11H2,1-5H3. The summed E-state index contributed by atoms with van der Waals surface area (Å²) < 4.78 is 6.16. The zero-order valence-corrected chi connectivity index (χ0v) is 13.9. The number of nitrogens with zero attached hydrogens (tertiary/aromatic N) is 1. The molecule has 0 amide bonds. The fourth-order valence-electron chi connectivity index (χ4n) is 2.00. The number of allylic oxidation sites excluding steroid dienone is 2. The first-order valence-corrected chi connectivity index (χ1v) is 10.0. The van der Waals surface area contributed by atoms with E-state index >= 15 is 0 Å². The maximum Gasteiger partial charge on any atom is 0.242 e. The highest BCUT2D eigenvalue weighted by Crippen LogP contribution is 2.37. The topological polar surface area (TPSA) is 52.4 Å². The summed E-state index contributed by atoms with van der Waals surface area (Å²) in [6.07, 6.45) is 5.18. The van der Waals surface area contributed by atoms with Gasteiger partial charge in [-0.3, -0.25) is 10.1 Å². The van der Waals surface area contributed by atoms with Gasteiger partial charge in [0.1, 0.15) is 0 Å². The third-order valence-corrected chi connectivity index (χ3v) is 9.06. The normalized spacial score (nSPS) is 21.1. The minimum atomic E-state index is -1.64. The van der Waals surface area contributed by atoms with Gasteiger partial charge in [0.2, 0.25) is 5.70 Å². The minimum absolute atomic E-state index is 0.248. The molecule has 0 spiro atoms. The molecule has 1 atom stereocenters. The summed E-state index contributed by atoms with van der Waals surface area (Å²) >= 11 is 0. The Hall–Kier alpha value is -0.683. The highest BCUT2D eigenvalue weighted by molar-refractivity contribution is 6.74. The van der Waals surface area contributed by atoms with Crippen molar-refractivity contribution in [3.05, 3.63) is 21.9 Å². The van der Waals surface area contributed by atoms with E-state index < -0.39 is 8.32 Å². The second kappa shape index (κ2) is 6.18. The van der Waals surface area contributed by atoms with Gasteiger partial charge in [0.25, 0.3) is 0 Å². The summed E-state index contributed by atoms with van der Waals surface area (Å²) in [5.74, 6) is 0.550. The van der Waals surface area contributed by atoms with Crippen LogP contribution in [0.25, 0.3) is 0 Å². The Bertz CT molecular complexity index is 358. The Balaban J connectivity index is 2.35. The van der Waals surface area contributed by atoms with E-state index in [1.165, 1.54) is 0 Å². The van der Waals surface area contributed by atoms with Crippen LogP contribution in [-0.2, 0) is 4.43 Å². The van der Waals surface area contributed by atoms with Gasteiger partial charge in [-0.2, -0.15) is 0 Å². The van der Waals surface area contributed by atoms with Crippen molar-refractivity contribution >= 4 is 8.32 Å². The molecule has 5 heteroatoms. The lowest BCUT2D eigenvalue weighted by molar-refractivity contribution is -0.429. The molecule has 1 aliphatic carbocycles. The number of hydrogen-bond acceptors (Lipinski definition) is 3. The molecule has 4 nitrogen and oxygen atoms in total. The monoisotopic (exact) mass is 285 g/mol. The van der Waals surface area contributed by atoms with E-state index in [-0.39, 0.29) is 9.96 Å². The van der Waals surface area contributed by atoms with Crippen molar-refractivity contribution < 1.29 is 9.35 Å². The molecule has 0 aromatic heterocycles. The first-order chi connectivity index (χ1) is 8.63. The van der Waals surface area contributed by atoms with Gasteiger partial charge in [0.05, 0.1) is 4.92 Å². The molecule has 0 bridgehead atoms. The van der Waals surface area contributed by atoms with Crippen molar-refractivity contribution in [3.8, 4) is 0 Å². The van der Waals surface area contributed by atoms with Crippen LogP contribution in [0.4, 0.5) is 0 Å². The van der Waals surface area contributed by atoms with Crippen LogP contribution in [0.5, 0.6) is 0 Å². The van der Waals surface area contributed by atoms with E-state index in [0.29, 0.717) is 18.0 Å². The molecule has 19 heavy (non-hydrogen) atoms. The van der Waals surface area contributed by atoms with E-state index in [0.717, 1.165) is 25.9 Å². The van der Waals surface area contributed by atoms with E-state index in [1.54, 1.807) is 6.08 Å². The molecule has 1 rings (SSSR count). The summed E-state index contributed by atoms with van der Waals surface area (Å²) in [6, 6.07) is 0. The zero-order chi connectivity index (χ0) is 14.7. The van der Waals surface area contributed by atoms with Gasteiger partial charge < -0.3 is 4.43 Å². The zero-order valence-electron chi connectivity index (χ0n) is 12.9. The van der Waals surface area contributed by atoms with E-state index in [4.69, 9.17) is 4.43 Å². The molecular weight excluding hydrogens is 258 g/mol. The predicted molar refractivity (Wildman–Crippen MR) is 80.2 cm³/mol. The van der Waals surface area contributed by atoms with Crippen molar-refractivity contribution in [2.45, 2.75) is 64.6 Å². The molecule has 0 N–H and O–H groups in total. The van der Waals surface area contributed by atoms with Crippen LogP contribution in [-0.4, -0.2) is 19.8 Å². The Kier molecular flexibility index (Phi) is 5.32. The first kappa shape index (κ1) is 16.4. The summed E-state index contributed by atoms with van der Waals surface area (Å²) in [5, 5.41) is 10.9. The van der Waals surface area contributed by atoms with Crippen molar-refractivity contribution in [2.24, 2.45) is 5.92 Å². The number of nitro groups is 1. The number of rotatable bonds is 5. The van der Waals surface area contributed by atoms with Crippen LogP contribution in [0.1, 0.15) is 46.5 Å². The van der Waals surface area contributed by atoms with Crippen LogP contribution in [0, 0.1) is 16.0 Å². The second-order valence-electron chi connectivity index (χ2n) is 6.99. The molecule has 0 heterocycles. The lowest BCUT2D eigenvalue weighted by Crippen LogP contribution is -2.41. The molecular formula is C14H27NO3Si. The van der Waals surface area contributed by atoms with Crippen molar-refractivity contribution in [1.29, 1.82) is 0 Å². The third kappa shape index (κ3) is 4.73. The quantitative estimate of drug-likeness (QED) is 0.428. The van der Waals surface area contributed by atoms with Gasteiger partial charge in [-0.15, -0.1) is 0 Å². The molecule has 0 fully saturated rings. The fraction of sp³-hybridized carbons (Fsp3) is 0.857. The van der Waals surface area contributed by atoms with Crippen LogP contribution < -0.4 is 0 Å². The fourth-order valence-corrected chi connectivity index (χ4v) is 3.06. The van der Waals surface area contributed by atoms with Gasteiger partial charge in [0, 0.05) is 13.0 Å². The van der Waals surface area contributed by atoms with Crippen molar-refractivity contribution in [3.63, 3.8) is 0 Å². The van der Waals surface area contributed by atoms with Gasteiger partial charge in [-0.1, -0.05) is 20.8 Å². The smallest absolute Gasteiger partial charge is 0.242 e. The largest absolute Gasteiger partial charge is 0.417 e. The average Bonchev–Trinajstić information content (AvgIpc) is 2.28. The van der Waals surface area contributed by atoms with E-state index in [1.807, 2.05) is 0 Å². The lowest BCUT2D eigenvalue weighted by Gasteiger charge is -2.36. The average molecular weight is 285 g/mol. The van der Waals surface area contributed by atoms with Gasteiger partial charge in [0.15, 0.2) is 8.32 Å². The molecule has 1 aliphatic rings. The summed E-state index contributed by atoms with van der Waals surface area (Å²) in [6.45, 7) is 12.0. The highest BCUT2D eigenvalue weighted by Gasteiger charge is 2.37. The highest BCUT2D eigenvalue weighted by atomic mass is 28.4. The molecule has 0 aliphatic heterocycles. The Morgan fingerprint density at radius 2 is 2.11 bits per heavy atom. The van der Waals surface area contributed by atoms with Crippen LogP contribution in [0.15, 0.2) is 11.8 Å². The van der Waals surface area contributed by atoms with Crippen molar-refractivity contribution in [2.75, 3.05) is 6.61 Å². The minimum Gasteiger partial charge on any atom is -0.417 e. The Morgan fingerprint density at radius 1 is 1.47 bits per heavy atom. The molecule has 0 saturated carbocycles. The van der Waals surface area contributed by atoms with Gasteiger partial charge in [-0.05, 0) is 49.4 Å². The van der Waals surface area contributed by atoms with E-state index in [9.17, 15) is 10.1 Å². The number of hydrogen-bond donors (Lipinski definition) is 0. The summed E-state index contributed by atoms with van der Waals surface area (Å²) in [5.41, 5.74) is 0.390. The maximum atomic E-state index is 10.6. The van der Waals surface area contributed by atoms with Crippen LogP contribution in [0.2, 0.25) is 18.1 Å². The molecule has 0 saturated heterocycles. The predicted octanol–water partition coefficient (Wildman–Crippen LogP) is 4.36. The Labute approximate surface area is 117 Å². The lowest BCUT2D eigenvalue weighted by atomic mass is 9.90. The van der Waals surface area contributed by atoms with Crippen molar-refractivity contribution in [1.82, 2.24) is 0 Å². The molecule has 1 unspecified atom stereocenters. The van der Waals surface area contributed by atoms with Gasteiger partial charge >= 0.3 is 0 Å². The Morgan fingerprint density at radius 3 is 2.53 bits per heavy atom. The molecule has 0 aromatic carbocycles. The van der Waals surface area contributed by atoms with Crippen LogP contribution in [0.3, 0.4) is 0 Å². The maximum absolute atomic E-state index is 10.6. The van der Waals surface area contributed by atoms with Gasteiger partial charge in [-0.25, -0.2) is 0 Å².